The van der Waals surface area contributed by atoms with Gasteiger partial charge in [0.1, 0.15) is 0 Å². The minimum Gasteiger partial charge on any atom is -0.329 e. The summed E-state index contributed by atoms with van der Waals surface area (Å²) >= 11 is 0. The van der Waals surface area contributed by atoms with Crippen LogP contribution in [0.15, 0.2) is 23.1 Å². The van der Waals surface area contributed by atoms with Crippen LogP contribution in [-0.4, -0.2) is 25.9 Å². The molecule has 3 N–H and O–H groups in total. The van der Waals surface area contributed by atoms with E-state index in [1.54, 1.807) is 0 Å². The molecule has 1 aliphatic rings. The Labute approximate surface area is 117 Å². The van der Waals surface area contributed by atoms with E-state index in [1.165, 1.54) is 25.1 Å². The van der Waals surface area contributed by atoms with Crippen LogP contribution in [0.1, 0.15) is 18.4 Å². The fraction of sp³-hybridized carbons (Fsp3) is 0.500. The number of nitrogens with zero attached hydrogens (tertiary/aromatic N) is 1. The Kier molecular flexibility index (Phi) is 4.07. The van der Waals surface area contributed by atoms with Crippen molar-refractivity contribution in [2.24, 2.45) is 11.7 Å². The fourth-order valence-corrected chi connectivity index (χ4v) is 3.51. The third kappa shape index (κ3) is 3.14. The number of hydrogen-bond donors (Lipinski definition) is 2. The molecule has 20 heavy (non-hydrogen) atoms. The van der Waals surface area contributed by atoms with Crippen molar-refractivity contribution in [2.45, 2.75) is 30.7 Å². The van der Waals surface area contributed by atoms with E-state index < -0.39 is 14.9 Å². The summed E-state index contributed by atoms with van der Waals surface area (Å²) in [5, 5.41) is 10.7. The summed E-state index contributed by atoms with van der Waals surface area (Å²) in [5.74, 6) is 0.300. The van der Waals surface area contributed by atoms with Crippen molar-refractivity contribution in [3.8, 4) is 0 Å². The molecule has 7 nitrogen and oxygen atoms in total. The van der Waals surface area contributed by atoms with Crippen molar-refractivity contribution < 1.29 is 13.3 Å². The van der Waals surface area contributed by atoms with E-state index in [0.29, 0.717) is 11.5 Å². The normalized spacial score (nSPS) is 16.9. The highest BCUT2D eigenvalue weighted by Crippen LogP contribution is 2.33. The minimum atomic E-state index is -3.69. The van der Waals surface area contributed by atoms with Gasteiger partial charge in [0, 0.05) is 24.2 Å². The van der Waals surface area contributed by atoms with Crippen molar-refractivity contribution >= 4 is 15.7 Å². The van der Waals surface area contributed by atoms with Gasteiger partial charge < -0.3 is 5.73 Å². The van der Waals surface area contributed by atoms with Gasteiger partial charge in [-0.25, -0.2) is 13.1 Å². The van der Waals surface area contributed by atoms with E-state index >= 15 is 0 Å². The Hall–Kier alpha value is -1.51. The molecule has 8 heteroatoms. The minimum absolute atomic E-state index is 0.0275. The van der Waals surface area contributed by atoms with Gasteiger partial charge >= 0.3 is 0 Å². The van der Waals surface area contributed by atoms with Crippen LogP contribution in [0.3, 0.4) is 0 Å². The molecule has 0 aromatic heterocycles. The van der Waals surface area contributed by atoms with Crippen molar-refractivity contribution in [2.75, 3.05) is 6.54 Å². The highest BCUT2D eigenvalue weighted by molar-refractivity contribution is 7.89. The standard InChI is InChI=1S/C12H17N3O4S/c1-8-6-10(4-5-12(8)15(16)17)20(18,19)14-11(7-13)9-2-3-9/h4-6,9,11,14H,2-3,7,13H2,1H3. The Morgan fingerprint density at radius 1 is 1.50 bits per heavy atom. The largest absolute Gasteiger partial charge is 0.329 e. The molecule has 0 radical (unpaired) electrons. The number of rotatable bonds is 6. The second kappa shape index (κ2) is 5.47. The molecule has 1 aliphatic carbocycles. The molecular weight excluding hydrogens is 282 g/mol. The van der Waals surface area contributed by atoms with Crippen molar-refractivity contribution in [3.63, 3.8) is 0 Å². The number of benzene rings is 1. The maximum Gasteiger partial charge on any atom is 0.272 e. The Morgan fingerprint density at radius 2 is 2.15 bits per heavy atom. The smallest absolute Gasteiger partial charge is 0.272 e. The molecule has 1 unspecified atom stereocenters. The van der Waals surface area contributed by atoms with Crippen molar-refractivity contribution in [1.29, 1.82) is 0 Å². The Morgan fingerprint density at radius 3 is 2.60 bits per heavy atom. The molecule has 0 saturated heterocycles. The highest BCUT2D eigenvalue weighted by Gasteiger charge is 2.33. The van der Waals surface area contributed by atoms with Crippen LogP contribution < -0.4 is 10.5 Å². The average Bonchev–Trinajstić information content (AvgIpc) is 3.19. The van der Waals surface area contributed by atoms with E-state index in [0.717, 1.165) is 12.8 Å². The van der Waals surface area contributed by atoms with Gasteiger partial charge in [0.25, 0.3) is 5.69 Å². The lowest BCUT2D eigenvalue weighted by molar-refractivity contribution is -0.385. The maximum absolute atomic E-state index is 12.2. The van der Waals surface area contributed by atoms with E-state index in [4.69, 9.17) is 5.73 Å². The van der Waals surface area contributed by atoms with E-state index in [2.05, 4.69) is 4.72 Å². The molecule has 2 rings (SSSR count). The highest BCUT2D eigenvalue weighted by atomic mass is 32.2. The van der Waals surface area contributed by atoms with Gasteiger partial charge in [-0.3, -0.25) is 10.1 Å². The number of nitrogens with one attached hydrogen (secondary N) is 1. The molecular formula is C12H17N3O4S. The van der Waals surface area contributed by atoms with Gasteiger partial charge in [-0.15, -0.1) is 0 Å². The molecule has 0 spiro atoms. The summed E-state index contributed by atoms with van der Waals surface area (Å²) in [4.78, 5) is 10.2. The zero-order valence-corrected chi connectivity index (χ0v) is 11.9. The molecule has 0 amide bonds. The number of aryl methyl sites for hydroxylation is 1. The monoisotopic (exact) mass is 299 g/mol. The average molecular weight is 299 g/mol. The van der Waals surface area contributed by atoms with E-state index in [-0.39, 0.29) is 23.2 Å². The number of nitrogens with two attached hydrogens (primary N) is 1. The fourth-order valence-electron chi connectivity index (χ4n) is 2.10. The van der Waals surface area contributed by atoms with Crippen LogP contribution in [-0.2, 0) is 10.0 Å². The van der Waals surface area contributed by atoms with Crippen LogP contribution in [0.4, 0.5) is 5.69 Å². The molecule has 1 aromatic rings. The predicted octanol–water partition coefficient (Wildman–Crippen LogP) is 0.919. The first-order valence-electron chi connectivity index (χ1n) is 6.32. The Balaban J connectivity index is 2.25. The van der Waals surface area contributed by atoms with Crippen LogP contribution in [0.25, 0.3) is 0 Å². The van der Waals surface area contributed by atoms with Crippen molar-refractivity contribution in [3.05, 3.63) is 33.9 Å². The first-order chi connectivity index (χ1) is 9.35. The zero-order chi connectivity index (χ0) is 14.9. The van der Waals surface area contributed by atoms with Gasteiger partial charge in [-0.05, 0) is 37.8 Å². The van der Waals surface area contributed by atoms with Gasteiger partial charge in [0.2, 0.25) is 10.0 Å². The first kappa shape index (κ1) is 14.9. The second-order valence-electron chi connectivity index (χ2n) is 5.01. The molecule has 110 valence electrons. The second-order valence-corrected chi connectivity index (χ2v) is 6.72. The van der Waals surface area contributed by atoms with Gasteiger partial charge in [-0.1, -0.05) is 0 Å². The predicted molar refractivity (Wildman–Crippen MR) is 73.7 cm³/mol. The lowest BCUT2D eigenvalue weighted by Crippen LogP contribution is -2.41. The topological polar surface area (TPSA) is 115 Å². The molecule has 0 heterocycles. The third-order valence-corrected chi connectivity index (χ3v) is 4.91. The van der Waals surface area contributed by atoms with Crippen LogP contribution in [0.2, 0.25) is 0 Å². The SMILES string of the molecule is Cc1cc(S(=O)(=O)NC(CN)C2CC2)ccc1[N+](=O)[O-]. The van der Waals surface area contributed by atoms with Crippen molar-refractivity contribution in [1.82, 2.24) is 4.72 Å². The molecule has 1 fully saturated rings. The number of sulfonamides is 1. The van der Waals surface area contributed by atoms with Gasteiger partial charge in [0.15, 0.2) is 0 Å². The molecule has 1 atom stereocenters. The van der Waals surface area contributed by atoms with E-state index in [9.17, 15) is 18.5 Å². The maximum atomic E-state index is 12.2. The first-order valence-corrected chi connectivity index (χ1v) is 7.81. The molecule has 0 bridgehead atoms. The summed E-state index contributed by atoms with van der Waals surface area (Å²) in [6.07, 6.45) is 1.95. The lowest BCUT2D eigenvalue weighted by Gasteiger charge is -2.16. The van der Waals surface area contributed by atoms with E-state index in [1.807, 2.05) is 0 Å². The van der Waals surface area contributed by atoms with Crippen LogP contribution in [0.5, 0.6) is 0 Å². The Bertz CT molecular complexity index is 626. The zero-order valence-electron chi connectivity index (χ0n) is 11.1. The summed E-state index contributed by atoms with van der Waals surface area (Å²) in [7, 11) is -3.69. The summed E-state index contributed by atoms with van der Waals surface area (Å²) in [6.45, 7) is 1.76. The quantitative estimate of drug-likeness (QED) is 0.598. The van der Waals surface area contributed by atoms with Crippen LogP contribution >= 0.6 is 0 Å². The summed E-state index contributed by atoms with van der Waals surface area (Å²) in [6, 6.07) is 3.49. The molecule has 1 saturated carbocycles. The summed E-state index contributed by atoms with van der Waals surface area (Å²) < 4.78 is 27.0. The lowest BCUT2D eigenvalue weighted by atomic mass is 10.2. The number of nitro groups is 1. The van der Waals surface area contributed by atoms with Crippen LogP contribution in [0, 0.1) is 23.0 Å². The summed E-state index contributed by atoms with van der Waals surface area (Å²) in [5.41, 5.74) is 5.79. The van der Waals surface area contributed by atoms with Gasteiger partial charge in [0.05, 0.1) is 9.82 Å². The number of nitro benzene ring substituents is 1. The van der Waals surface area contributed by atoms with Gasteiger partial charge in [-0.2, -0.15) is 0 Å². The number of hydrogen-bond acceptors (Lipinski definition) is 5. The molecule has 0 aliphatic heterocycles. The molecule has 1 aromatic carbocycles. The third-order valence-electron chi connectivity index (χ3n) is 3.43.